The van der Waals surface area contributed by atoms with Crippen molar-refractivity contribution in [1.82, 2.24) is 0 Å². The lowest BCUT2D eigenvalue weighted by Gasteiger charge is -2.13. The molecule has 0 aliphatic rings. The summed E-state index contributed by atoms with van der Waals surface area (Å²) in [6.45, 7) is 0. The maximum atomic E-state index is 9.56. The molecule has 1 aromatic rings. The van der Waals surface area contributed by atoms with Gasteiger partial charge < -0.3 is 14.9 Å². The quantitative estimate of drug-likeness (QED) is 0.815. The summed E-state index contributed by atoms with van der Waals surface area (Å²) in [6.07, 6.45) is -2.66. The largest absolute Gasteiger partial charge is 0.496 e. The third-order valence-corrected chi connectivity index (χ3v) is 2.60. The van der Waals surface area contributed by atoms with Crippen LogP contribution in [0.2, 0.25) is 0 Å². The van der Waals surface area contributed by atoms with Gasteiger partial charge in [-0.15, -0.1) is 0 Å². The first kappa shape index (κ1) is 12.0. The molecule has 2 N–H and O–H groups in total. The summed E-state index contributed by atoms with van der Waals surface area (Å²) in [5, 5.41) is 27.2. The van der Waals surface area contributed by atoms with Crippen LogP contribution >= 0.6 is 15.9 Å². The van der Waals surface area contributed by atoms with E-state index in [1.807, 2.05) is 0 Å². The molecule has 15 heavy (non-hydrogen) atoms. The number of hydrogen-bond donors (Lipinski definition) is 2. The number of rotatable bonds is 3. The van der Waals surface area contributed by atoms with Crippen LogP contribution in [-0.2, 0) is 0 Å². The Morgan fingerprint density at radius 1 is 1.47 bits per heavy atom. The topological polar surface area (TPSA) is 73.5 Å². The molecule has 5 heteroatoms. The van der Waals surface area contributed by atoms with E-state index in [1.165, 1.54) is 7.11 Å². The van der Waals surface area contributed by atoms with Crippen LogP contribution in [-0.4, -0.2) is 23.4 Å². The van der Waals surface area contributed by atoms with E-state index >= 15 is 0 Å². The highest BCUT2D eigenvalue weighted by Gasteiger charge is 2.18. The lowest BCUT2D eigenvalue weighted by atomic mass is 10.1. The number of halogens is 1. The van der Waals surface area contributed by atoms with Gasteiger partial charge in [-0.3, -0.25) is 0 Å². The van der Waals surface area contributed by atoms with Gasteiger partial charge in [0.2, 0.25) is 0 Å². The second-order valence-corrected chi connectivity index (χ2v) is 3.77. The first-order chi connectivity index (χ1) is 7.10. The molecule has 0 fully saturated rings. The Labute approximate surface area is 95.9 Å². The zero-order valence-electron chi connectivity index (χ0n) is 8.01. The second-order valence-electron chi connectivity index (χ2n) is 2.91. The predicted molar refractivity (Wildman–Crippen MR) is 57.3 cm³/mol. The molecule has 1 rings (SSSR count). The van der Waals surface area contributed by atoms with Crippen molar-refractivity contribution in [3.8, 4) is 11.8 Å². The second kappa shape index (κ2) is 5.12. The van der Waals surface area contributed by atoms with Crippen molar-refractivity contribution in [2.45, 2.75) is 12.2 Å². The van der Waals surface area contributed by atoms with Gasteiger partial charge in [-0.1, -0.05) is 6.07 Å². The number of aliphatic hydroxyl groups excluding tert-OH is 2. The van der Waals surface area contributed by atoms with Crippen molar-refractivity contribution in [3.05, 3.63) is 28.2 Å². The van der Waals surface area contributed by atoms with E-state index < -0.39 is 12.2 Å². The van der Waals surface area contributed by atoms with Crippen LogP contribution in [0.4, 0.5) is 0 Å². The molecule has 0 spiro atoms. The average Bonchev–Trinajstić information content (AvgIpc) is 2.27. The molecule has 2 atom stereocenters. The third-order valence-electron chi connectivity index (χ3n) is 1.95. The SMILES string of the molecule is COc1cc(C(O)C(O)C#N)ccc1Br. The van der Waals surface area contributed by atoms with Gasteiger partial charge in [0.25, 0.3) is 0 Å². The highest BCUT2D eigenvalue weighted by atomic mass is 79.9. The Hall–Kier alpha value is -1.09. The molecule has 0 radical (unpaired) electrons. The first-order valence-corrected chi connectivity index (χ1v) is 4.98. The highest BCUT2D eigenvalue weighted by molar-refractivity contribution is 9.10. The average molecular weight is 272 g/mol. The Morgan fingerprint density at radius 2 is 2.13 bits per heavy atom. The zero-order valence-corrected chi connectivity index (χ0v) is 9.60. The summed E-state index contributed by atoms with van der Waals surface area (Å²) in [7, 11) is 1.50. The minimum atomic E-state index is -1.43. The van der Waals surface area contributed by atoms with E-state index in [1.54, 1.807) is 24.3 Å². The van der Waals surface area contributed by atoms with E-state index in [0.29, 0.717) is 11.3 Å². The molecule has 2 unspecified atom stereocenters. The van der Waals surface area contributed by atoms with Crippen molar-refractivity contribution in [1.29, 1.82) is 5.26 Å². The Balaban J connectivity index is 3.01. The fourth-order valence-electron chi connectivity index (χ4n) is 1.11. The lowest BCUT2D eigenvalue weighted by Crippen LogP contribution is -2.15. The Bertz CT molecular complexity index is 389. The van der Waals surface area contributed by atoms with Crippen LogP contribution in [0, 0.1) is 11.3 Å². The summed E-state index contributed by atoms with van der Waals surface area (Å²) >= 11 is 3.26. The maximum Gasteiger partial charge on any atom is 0.170 e. The molecule has 0 saturated carbocycles. The van der Waals surface area contributed by atoms with Crippen LogP contribution < -0.4 is 4.74 Å². The van der Waals surface area contributed by atoms with Gasteiger partial charge in [-0.25, -0.2) is 0 Å². The molecule has 1 aromatic carbocycles. The molecule has 0 aliphatic carbocycles. The van der Waals surface area contributed by atoms with Crippen molar-refractivity contribution < 1.29 is 14.9 Å². The van der Waals surface area contributed by atoms with Crippen LogP contribution in [0.1, 0.15) is 11.7 Å². The maximum absolute atomic E-state index is 9.56. The standard InChI is InChI=1S/C10H10BrNO3/c1-15-9-4-6(2-3-7(9)11)10(14)8(13)5-12/h2-4,8,10,13-14H,1H3. The van der Waals surface area contributed by atoms with Crippen LogP contribution in [0.3, 0.4) is 0 Å². The first-order valence-electron chi connectivity index (χ1n) is 4.19. The monoisotopic (exact) mass is 271 g/mol. The van der Waals surface area contributed by atoms with Gasteiger partial charge >= 0.3 is 0 Å². The van der Waals surface area contributed by atoms with Crippen molar-refractivity contribution in [2.75, 3.05) is 7.11 Å². The Morgan fingerprint density at radius 3 is 2.67 bits per heavy atom. The van der Waals surface area contributed by atoms with E-state index in [9.17, 15) is 5.11 Å². The number of nitriles is 1. The Kier molecular flexibility index (Phi) is 4.09. The summed E-state index contributed by atoms with van der Waals surface area (Å²) in [5.74, 6) is 0.539. The summed E-state index contributed by atoms with van der Waals surface area (Å²) in [5.41, 5.74) is 0.434. The zero-order chi connectivity index (χ0) is 11.4. The number of benzene rings is 1. The van der Waals surface area contributed by atoms with Crippen molar-refractivity contribution in [3.63, 3.8) is 0 Å². The van der Waals surface area contributed by atoms with Gasteiger partial charge in [0.1, 0.15) is 11.9 Å². The summed E-state index contributed by atoms with van der Waals surface area (Å²) in [4.78, 5) is 0. The molecular weight excluding hydrogens is 262 g/mol. The van der Waals surface area contributed by atoms with Crippen LogP contribution in [0.5, 0.6) is 5.75 Å². The molecule has 0 saturated heterocycles. The van der Waals surface area contributed by atoms with Crippen LogP contribution in [0.15, 0.2) is 22.7 Å². The predicted octanol–water partition coefficient (Wildman–Crippen LogP) is 1.38. The van der Waals surface area contributed by atoms with Gasteiger partial charge in [0.05, 0.1) is 17.7 Å². The highest BCUT2D eigenvalue weighted by Crippen LogP contribution is 2.29. The van der Waals surface area contributed by atoms with Crippen molar-refractivity contribution in [2.24, 2.45) is 0 Å². The van der Waals surface area contributed by atoms with E-state index in [0.717, 1.165) is 4.47 Å². The minimum Gasteiger partial charge on any atom is -0.496 e. The number of hydrogen-bond acceptors (Lipinski definition) is 4. The number of nitrogens with zero attached hydrogens (tertiary/aromatic N) is 1. The van der Waals surface area contributed by atoms with Gasteiger partial charge in [-0.05, 0) is 33.6 Å². The van der Waals surface area contributed by atoms with Crippen molar-refractivity contribution >= 4 is 15.9 Å². The van der Waals surface area contributed by atoms with Crippen LogP contribution in [0.25, 0.3) is 0 Å². The fraction of sp³-hybridized carbons (Fsp3) is 0.300. The molecule has 0 heterocycles. The molecule has 0 aromatic heterocycles. The normalized spacial score (nSPS) is 14.1. The van der Waals surface area contributed by atoms with Gasteiger partial charge in [0, 0.05) is 0 Å². The number of aliphatic hydroxyl groups is 2. The number of methoxy groups -OCH3 is 1. The van der Waals surface area contributed by atoms with E-state index in [2.05, 4.69) is 15.9 Å². The van der Waals surface area contributed by atoms with E-state index in [-0.39, 0.29) is 0 Å². The smallest absolute Gasteiger partial charge is 0.170 e. The molecule has 0 aliphatic heterocycles. The fourth-order valence-corrected chi connectivity index (χ4v) is 1.52. The third kappa shape index (κ3) is 2.69. The summed E-state index contributed by atoms with van der Waals surface area (Å²) < 4.78 is 5.77. The van der Waals surface area contributed by atoms with E-state index in [4.69, 9.17) is 15.1 Å². The molecule has 80 valence electrons. The minimum absolute atomic E-state index is 0.434. The molecular formula is C10H10BrNO3. The molecule has 0 amide bonds. The summed E-state index contributed by atoms with van der Waals surface area (Å²) in [6, 6.07) is 6.42. The molecule has 0 bridgehead atoms. The van der Waals surface area contributed by atoms with Gasteiger partial charge in [0.15, 0.2) is 6.10 Å². The number of ether oxygens (including phenoxy) is 1. The lowest BCUT2D eigenvalue weighted by molar-refractivity contribution is 0.0526. The van der Waals surface area contributed by atoms with Gasteiger partial charge in [-0.2, -0.15) is 5.26 Å². The molecule has 4 nitrogen and oxygen atoms in total.